The fraction of sp³-hybridized carbons (Fsp3) is 0.188. The van der Waals surface area contributed by atoms with Crippen LogP contribution in [0.25, 0.3) is 0 Å². The molecule has 0 unspecified atom stereocenters. The number of benzene rings is 2. The Morgan fingerprint density at radius 2 is 1.95 bits per heavy atom. The van der Waals surface area contributed by atoms with Gasteiger partial charge in [0.2, 0.25) is 5.91 Å². The third-order valence-corrected chi connectivity index (χ3v) is 4.91. The van der Waals surface area contributed by atoms with Crippen LogP contribution in [0.4, 0.5) is 11.4 Å². The molecule has 0 heterocycles. The average Bonchev–Trinajstić information content (AvgIpc) is 2.47. The smallest absolute Gasteiger partial charge is 0.234 e. The maximum atomic E-state index is 12.1. The quantitative estimate of drug-likeness (QED) is 0.645. The van der Waals surface area contributed by atoms with Crippen molar-refractivity contribution >= 4 is 40.8 Å². The Hall–Kier alpha value is -1.59. The molecule has 2 aromatic carbocycles. The van der Waals surface area contributed by atoms with Gasteiger partial charge >= 0.3 is 0 Å². The van der Waals surface area contributed by atoms with Gasteiger partial charge in [-0.2, -0.15) is 0 Å². The number of anilines is 2. The number of carbonyl (C=O) groups excluding carboxylic acids is 1. The lowest BCUT2D eigenvalue weighted by atomic mass is 10.2. The number of rotatable bonds is 5. The number of aryl methyl sites for hydroxylation is 1. The summed E-state index contributed by atoms with van der Waals surface area (Å²) in [6, 6.07) is 13.5. The van der Waals surface area contributed by atoms with E-state index in [1.165, 1.54) is 11.8 Å². The van der Waals surface area contributed by atoms with Gasteiger partial charge in [0.25, 0.3) is 0 Å². The summed E-state index contributed by atoms with van der Waals surface area (Å²) in [5.41, 5.74) is 8.43. The SMILES string of the molecule is CSc1ccccc1NC(=O)CSc1ccc(N)cc1C. The van der Waals surface area contributed by atoms with Crippen LogP contribution in [0.3, 0.4) is 0 Å². The van der Waals surface area contributed by atoms with Gasteiger partial charge in [0.15, 0.2) is 0 Å². The van der Waals surface area contributed by atoms with E-state index >= 15 is 0 Å². The van der Waals surface area contributed by atoms with Crippen LogP contribution in [0.1, 0.15) is 5.56 Å². The van der Waals surface area contributed by atoms with Gasteiger partial charge in [-0.15, -0.1) is 23.5 Å². The van der Waals surface area contributed by atoms with E-state index in [0.29, 0.717) is 5.75 Å². The Morgan fingerprint density at radius 3 is 2.67 bits per heavy atom. The number of nitrogens with two attached hydrogens (primary N) is 1. The number of para-hydroxylation sites is 1. The highest BCUT2D eigenvalue weighted by Gasteiger charge is 2.08. The maximum absolute atomic E-state index is 12.1. The number of nitrogens with one attached hydrogen (secondary N) is 1. The van der Waals surface area contributed by atoms with Gasteiger partial charge in [-0.3, -0.25) is 4.79 Å². The number of hydrogen-bond donors (Lipinski definition) is 2. The molecule has 0 saturated carbocycles. The lowest BCUT2D eigenvalue weighted by Crippen LogP contribution is -2.14. The Morgan fingerprint density at radius 1 is 1.19 bits per heavy atom. The predicted octanol–water partition coefficient (Wildman–Crippen LogP) is 4.03. The van der Waals surface area contributed by atoms with E-state index in [9.17, 15) is 4.79 Å². The average molecular weight is 318 g/mol. The first-order valence-corrected chi connectivity index (χ1v) is 8.73. The summed E-state index contributed by atoms with van der Waals surface area (Å²) in [4.78, 5) is 14.2. The van der Waals surface area contributed by atoms with E-state index in [1.807, 2.05) is 55.6 Å². The van der Waals surface area contributed by atoms with E-state index in [4.69, 9.17) is 5.73 Å². The molecule has 0 bridgehead atoms. The summed E-state index contributed by atoms with van der Waals surface area (Å²) < 4.78 is 0. The molecule has 110 valence electrons. The fourth-order valence-electron chi connectivity index (χ4n) is 1.91. The van der Waals surface area contributed by atoms with Crippen molar-refractivity contribution in [1.82, 2.24) is 0 Å². The second-order valence-corrected chi connectivity index (χ2v) is 6.43. The lowest BCUT2D eigenvalue weighted by molar-refractivity contribution is -0.113. The molecule has 0 aromatic heterocycles. The molecule has 0 fully saturated rings. The molecule has 0 aliphatic heterocycles. The summed E-state index contributed by atoms with van der Waals surface area (Å²) in [5, 5.41) is 2.96. The first-order chi connectivity index (χ1) is 10.1. The number of nitrogen functional groups attached to an aromatic ring is 1. The third kappa shape index (κ3) is 4.44. The highest BCUT2D eigenvalue weighted by atomic mass is 32.2. The van der Waals surface area contributed by atoms with Gasteiger partial charge in [0, 0.05) is 15.5 Å². The number of carbonyl (C=O) groups is 1. The van der Waals surface area contributed by atoms with Crippen LogP contribution in [-0.2, 0) is 4.79 Å². The molecular weight excluding hydrogens is 300 g/mol. The molecule has 3 N–H and O–H groups in total. The number of thioether (sulfide) groups is 2. The molecule has 2 aromatic rings. The highest BCUT2D eigenvalue weighted by molar-refractivity contribution is 8.00. The number of hydrogen-bond acceptors (Lipinski definition) is 4. The molecule has 1 amide bonds. The second-order valence-electron chi connectivity index (χ2n) is 4.56. The van der Waals surface area contributed by atoms with Crippen molar-refractivity contribution in [3.05, 3.63) is 48.0 Å². The minimum Gasteiger partial charge on any atom is -0.399 e. The van der Waals surface area contributed by atoms with Crippen molar-refractivity contribution in [2.24, 2.45) is 0 Å². The monoisotopic (exact) mass is 318 g/mol. The Kier molecular flexibility index (Phi) is 5.59. The first-order valence-electron chi connectivity index (χ1n) is 6.52. The van der Waals surface area contributed by atoms with Crippen LogP contribution >= 0.6 is 23.5 Å². The van der Waals surface area contributed by atoms with Crippen LogP contribution in [0, 0.1) is 6.92 Å². The predicted molar refractivity (Wildman–Crippen MR) is 93.2 cm³/mol. The van der Waals surface area contributed by atoms with Gasteiger partial charge in [-0.1, -0.05) is 12.1 Å². The Bertz CT molecular complexity index is 644. The zero-order valence-corrected chi connectivity index (χ0v) is 13.7. The largest absolute Gasteiger partial charge is 0.399 e. The van der Waals surface area contributed by atoms with Gasteiger partial charge in [-0.05, 0) is 49.1 Å². The van der Waals surface area contributed by atoms with E-state index in [1.54, 1.807) is 11.8 Å². The molecule has 0 atom stereocenters. The topological polar surface area (TPSA) is 55.1 Å². The van der Waals surface area contributed by atoms with Crippen LogP contribution in [0.5, 0.6) is 0 Å². The molecule has 2 rings (SSSR count). The summed E-state index contributed by atoms with van der Waals surface area (Å²) in [7, 11) is 0. The van der Waals surface area contributed by atoms with Crippen LogP contribution in [0.2, 0.25) is 0 Å². The van der Waals surface area contributed by atoms with Crippen molar-refractivity contribution in [3.63, 3.8) is 0 Å². The van der Waals surface area contributed by atoms with Crippen molar-refractivity contribution < 1.29 is 4.79 Å². The van der Waals surface area contributed by atoms with Crippen molar-refractivity contribution in [2.75, 3.05) is 23.1 Å². The lowest BCUT2D eigenvalue weighted by Gasteiger charge is -2.10. The summed E-state index contributed by atoms with van der Waals surface area (Å²) in [5.74, 6) is 0.380. The zero-order valence-electron chi connectivity index (χ0n) is 12.1. The number of amides is 1. The molecular formula is C16H18N2OS2. The zero-order chi connectivity index (χ0) is 15.2. The molecule has 3 nitrogen and oxygen atoms in total. The molecule has 0 radical (unpaired) electrons. The summed E-state index contributed by atoms with van der Waals surface area (Å²) in [6.45, 7) is 2.00. The van der Waals surface area contributed by atoms with Gasteiger partial charge in [-0.25, -0.2) is 0 Å². The molecule has 0 aliphatic carbocycles. The molecule has 0 spiro atoms. The van der Waals surface area contributed by atoms with Crippen molar-refractivity contribution in [3.8, 4) is 0 Å². The van der Waals surface area contributed by atoms with Crippen molar-refractivity contribution in [2.45, 2.75) is 16.7 Å². The molecule has 0 aliphatic rings. The molecule has 5 heteroatoms. The summed E-state index contributed by atoms with van der Waals surface area (Å²) >= 11 is 3.14. The minimum absolute atomic E-state index is 0.00211. The van der Waals surface area contributed by atoms with Gasteiger partial charge < -0.3 is 11.1 Å². The van der Waals surface area contributed by atoms with Gasteiger partial charge in [0.05, 0.1) is 11.4 Å². The van der Waals surface area contributed by atoms with E-state index < -0.39 is 0 Å². The minimum atomic E-state index is -0.00211. The highest BCUT2D eigenvalue weighted by Crippen LogP contribution is 2.26. The van der Waals surface area contributed by atoms with Crippen LogP contribution in [0.15, 0.2) is 52.3 Å². The first kappa shape index (κ1) is 15.8. The van der Waals surface area contributed by atoms with E-state index in [2.05, 4.69) is 5.32 Å². The summed E-state index contributed by atoms with van der Waals surface area (Å²) in [6.07, 6.45) is 2.00. The normalized spacial score (nSPS) is 10.4. The fourth-order valence-corrected chi connectivity index (χ4v) is 3.28. The standard InChI is InChI=1S/C16H18N2OS2/c1-11-9-12(17)7-8-14(11)21-10-16(19)18-13-5-3-4-6-15(13)20-2/h3-9H,10,17H2,1-2H3,(H,18,19). The van der Waals surface area contributed by atoms with Crippen LogP contribution < -0.4 is 11.1 Å². The Labute approximate surface area is 133 Å². The second kappa shape index (κ2) is 7.43. The van der Waals surface area contributed by atoms with E-state index in [0.717, 1.165) is 26.7 Å². The Balaban J connectivity index is 1.96. The third-order valence-electron chi connectivity index (χ3n) is 2.94. The van der Waals surface area contributed by atoms with E-state index in [-0.39, 0.29) is 5.91 Å². The maximum Gasteiger partial charge on any atom is 0.234 e. The van der Waals surface area contributed by atoms with Crippen LogP contribution in [-0.4, -0.2) is 17.9 Å². The van der Waals surface area contributed by atoms with Crippen molar-refractivity contribution in [1.29, 1.82) is 0 Å². The molecule has 0 saturated heterocycles. The van der Waals surface area contributed by atoms with Gasteiger partial charge in [0.1, 0.15) is 0 Å². The molecule has 21 heavy (non-hydrogen) atoms.